The van der Waals surface area contributed by atoms with Crippen LogP contribution in [-0.4, -0.2) is 12.7 Å². The van der Waals surface area contributed by atoms with Crippen LogP contribution in [-0.2, 0) is 6.42 Å². The minimum atomic E-state index is -0.422. The van der Waals surface area contributed by atoms with Crippen molar-refractivity contribution in [3.05, 3.63) is 58.1 Å². The molecule has 0 N–H and O–H groups in total. The third-order valence-electron chi connectivity index (χ3n) is 3.08. The number of halogens is 3. The molecule has 0 spiro atoms. The van der Waals surface area contributed by atoms with E-state index in [0.717, 1.165) is 10.0 Å². The molecule has 0 aliphatic carbocycles. The first-order chi connectivity index (χ1) is 9.61. The first-order valence-corrected chi connectivity index (χ1v) is 6.94. The standard InChI is InChI=1S/C15H11BrF2O2/c16-10-1-3-13(18)15(7-10)19-8-12-6-9-5-11(17)2-4-14(9)20-12/h1-5,7,12H,6,8H2. The summed E-state index contributed by atoms with van der Waals surface area (Å²) >= 11 is 3.26. The highest BCUT2D eigenvalue weighted by atomic mass is 79.9. The average Bonchev–Trinajstić information content (AvgIpc) is 2.81. The Morgan fingerprint density at radius 1 is 1.20 bits per heavy atom. The molecule has 2 aromatic rings. The zero-order valence-corrected chi connectivity index (χ0v) is 12.0. The molecule has 0 saturated heterocycles. The molecule has 1 unspecified atom stereocenters. The zero-order chi connectivity index (χ0) is 14.1. The highest BCUT2D eigenvalue weighted by molar-refractivity contribution is 9.10. The van der Waals surface area contributed by atoms with E-state index in [0.29, 0.717) is 12.2 Å². The fourth-order valence-corrected chi connectivity index (χ4v) is 2.49. The van der Waals surface area contributed by atoms with Gasteiger partial charge in [0.15, 0.2) is 11.6 Å². The van der Waals surface area contributed by atoms with Gasteiger partial charge in [-0.05, 0) is 36.4 Å². The number of fused-ring (bicyclic) bond motifs is 1. The van der Waals surface area contributed by atoms with Crippen LogP contribution in [0.25, 0.3) is 0 Å². The highest BCUT2D eigenvalue weighted by Gasteiger charge is 2.24. The molecule has 1 heterocycles. The summed E-state index contributed by atoms with van der Waals surface area (Å²) in [6.45, 7) is 0.212. The van der Waals surface area contributed by atoms with Crippen molar-refractivity contribution < 1.29 is 18.3 Å². The molecule has 3 rings (SSSR count). The van der Waals surface area contributed by atoms with E-state index in [1.54, 1.807) is 18.2 Å². The summed E-state index contributed by atoms with van der Waals surface area (Å²) in [7, 11) is 0. The monoisotopic (exact) mass is 340 g/mol. The Morgan fingerprint density at radius 3 is 2.90 bits per heavy atom. The maximum Gasteiger partial charge on any atom is 0.165 e. The van der Waals surface area contributed by atoms with Crippen LogP contribution >= 0.6 is 15.9 Å². The lowest BCUT2D eigenvalue weighted by atomic mass is 10.1. The van der Waals surface area contributed by atoms with Crippen molar-refractivity contribution in [2.24, 2.45) is 0 Å². The molecule has 1 aliphatic rings. The van der Waals surface area contributed by atoms with Crippen LogP contribution in [0.5, 0.6) is 11.5 Å². The second-order valence-electron chi connectivity index (χ2n) is 4.58. The molecule has 0 aromatic heterocycles. The van der Waals surface area contributed by atoms with Gasteiger partial charge in [-0.1, -0.05) is 15.9 Å². The van der Waals surface area contributed by atoms with Gasteiger partial charge < -0.3 is 9.47 Å². The van der Waals surface area contributed by atoms with Gasteiger partial charge >= 0.3 is 0 Å². The van der Waals surface area contributed by atoms with E-state index in [2.05, 4.69) is 15.9 Å². The van der Waals surface area contributed by atoms with Crippen molar-refractivity contribution in [2.75, 3.05) is 6.61 Å². The number of rotatable bonds is 3. The summed E-state index contributed by atoms with van der Waals surface area (Å²) in [4.78, 5) is 0. The lowest BCUT2D eigenvalue weighted by Crippen LogP contribution is -2.22. The van der Waals surface area contributed by atoms with Crippen LogP contribution in [0.4, 0.5) is 8.78 Å². The van der Waals surface area contributed by atoms with E-state index in [9.17, 15) is 8.78 Å². The molecule has 2 aromatic carbocycles. The van der Waals surface area contributed by atoms with Gasteiger partial charge in [0.25, 0.3) is 0 Å². The van der Waals surface area contributed by atoms with Crippen LogP contribution in [0, 0.1) is 11.6 Å². The normalized spacial score (nSPS) is 16.6. The van der Waals surface area contributed by atoms with Crippen molar-refractivity contribution in [1.82, 2.24) is 0 Å². The van der Waals surface area contributed by atoms with E-state index in [1.165, 1.54) is 18.2 Å². The maximum atomic E-state index is 13.5. The SMILES string of the molecule is Fc1ccc2c(c1)CC(COc1cc(Br)ccc1F)O2. The number of hydrogen-bond acceptors (Lipinski definition) is 2. The van der Waals surface area contributed by atoms with Gasteiger partial charge in [-0.15, -0.1) is 0 Å². The molecule has 20 heavy (non-hydrogen) atoms. The van der Waals surface area contributed by atoms with Crippen molar-refractivity contribution in [3.8, 4) is 11.5 Å². The van der Waals surface area contributed by atoms with Gasteiger partial charge in [0.05, 0.1) is 0 Å². The minimum absolute atomic E-state index is 0.171. The van der Waals surface area contributed by atoms with E-state index >= 15 is 0 Å². The van der Waals surface area contributed by atoms with Gasteiger partial charge in [0, 0.05) is 16.5 Å². The molecule has 1 atom stereocenters. The fraction of sp³-hybridized carbons (Fsp3) is 0.200. The van der Waals surface area contributed by atoms with E-state index < -0.39 is 5.82 Å². The predicted octanol–water partition coefficient (Wildman–Crippen LogP) is 4.11. The predicted molar refractivity (Wildman–Crippen MR) is 74.1 cm³/mol. The molecular formula is C15H11BrF2O2. The molecule has 5 heteroatoms. The maximum absolute atomic E-state index is 13.5. The Labute approximate surface area is 123 Å². The number of benzene rings is 2. The molecule has 0 saturated carbocycles. The van der Waals surface area contributed by atoms with E-state index in [-0.39, 0.29) is 24.3 Å². The van der Waals surface area contributed by atoms with Crippen LogP contribution in [0.15, 0.2) is 40.9 Å². The van der Waals surface area contributed by atoms with Crippen molar-refractivity contribution in [2.45, 2.75) is 12.5 Å². The van der Waals surface area contributed by atoms with Crippen molar-refractivity contribution in [1.29, 1.82) is 0 Å². The summed E-state index contributed by atoms with van der Waals surface area (Å²) < 4.78 is 38.4. The second-order valence-corrected chi connectivity index (χ2v) is 5.50. The van der Waals surface area contributed by atoms with Crippen LogP contribution < -0.4 is 9.47 Å². The van der Waals surface area contributed by atoms with Gasteiger partial charge in [0.2, 0.25) is 0 Å². The highest BCUT2D eigenvalue weighted by Crippen LogP contribution is 2.30. The topological polar surface area (TPSA) is 18.5 Å². The third-order valence-corrected chi connectivity index (χ3v) is 3.57. The Hall–Kier alpha value is -1.62. The van der Waals surface area contributed by atoms with Crippen LogP contribution in [0.2, 0.25) is 0 Å². The van der Waals surface area contributed by atoms with E-state index in [1.807, 2.05) is 0 Å². The summed E-state index contributed by atoms with van der Waals surface area (Å²) in [5, 5.41) is 0. The third kappa shape index (κ3) is 2.77. The Balaban J connectivity index is 1.65. The summed E-state index contributed by atoms with van der Waals surface area (Å²) in [5.74, 6) is 0.126. The van der Waals surface area contributed by atoms with Gasteiger partial charge in [-0.25, -0.2) is 8.78 Å². The summed E-state index contributed by atoms with van der Waals surface area (Å²) in [6.07, 6.45) is 0.327. The second kappa shape index (κ2) is 5.40. The van der Waals surface area contributed by atoms with Crippen molar-refractivity contribution >= 4 is 15.9 Å². The fourth-order valence-electron chi connectivity index (χ4n) is 2.15. The smallest absolute Gasteiger partial charge is 0.165 e. The number of hydrogen-bond donors (Lipinski definition) is 0. The summed E-state index contributed by atoms with van der Waals surface area (Å²) in [5.41, 5.74) is 0.813. The molecule has 0 amide bonds. The molecule has 1 aliphatic heterocycles. The molecule has 0 fully saturated rings. The lowest BCUT2D eigenvalue weighted by molar-refractivity contribution is 0.145. The molecule has 0 radical (unpaired) electrons. The van der Waals surface area contributed by atoms with Gasteiger partial charge in [-0.3, -0.25) is 0 Å². The van der Waals surface area contributed by atoms with Gasteiger partial charge in [0.1, 0.15) is 24.3 Å². The van der Waals surface area contributed by atoms with E-state index in [4.69, 9.17) is 9.47 Å². The Bertz CT molecular complexity index is 646. The summed E-state index contributed by atoms with van der Waals surface area (Å²) in [6, 6.07) is 8.92. The largest absolute Gasteiger partial charge is 0.487 e. The van der Waals surface area contributed by atoms with Crippen LogP contribution in [0.3, 0.4) is 0 Å². The minimum Gasteiger partial charge on any atom is -0.487 e. The number of ether oxygens (including phenoxy) is 2. The quantitative estimate of drug-likeness (QED) is 0.837. The molecular weight excluding hydrogens is 330 g/mol. The zero-order valence-electron chi connectivity index (χ0n) is 10.4. The lowest BCUT2D eigenvalue weighted by Gasteiger charge is -2.13. The average molecular weight is 341 g/mol. The first kappa shape index (κ1) is 13.4. The first-order valence-electron chi connectivity index (χ1n) is 6.15. The van der Waals surface area contributed by atoms with Gasteiger partial charge in [-0.2, -0.15) is 0 Å². The van der Waals surface area contributed by atoms with Crippen molar-refractivity contribution in [3.63, 3.8) is 0 Å². The Morgan fingerprint density at radius 2 is 2.05 bits per heavy atom. The molecule has 104 valence electrons. The molecule has 2 nitrogen and oxygen atoms in total. The Kier molecular flexibility index (Phi) is 3.61. The van der Waals surface area contributed by atoms with Crippen LogP contribution in [0.1, 0.15) is 5.56 Å². The molecule has 0 bridgehead atoms.